The highest BCUT2D eigenvalue weighted by molar-refractivity contribution is 5.69. The van der Waals surface area contributed by atoms with Crippen molar-refractivity contribution >= 4 is 6.09 Å². The third-order valence-electron chi connectivity index (χ3n) is 2.63. The average molecular weight is 215 g/mol. The summed E-state index contributed by atoms with van der Waals surface area (Å²) in [6.45, 7) is 6.73. The molecule has 5 heteroatoms. The van der Waals surface area contributed by atoms with E-state index in [4.69, 9.17) is 9.47 Å². The van der Waals surface area contributed by atoms with Crippen LogP contribution in [0.15, 0.2) is 0 Å². The van der Waals surface area contributed by atoms with Crippen molar-refractivity contribution in [3.63, 3.8) is 0 Å². The molecule has 0 aromatic rings. The van der Waals surface area contributed by atoms with Crippen LogP contribution in [0.1, 0.15) is 20.8 Å². The summed E-state index contributed by atoms with van der Waals surface area (Å²) >= 11 is 0. The number of β-amino-alcohol motifs (C(OH)–C–C–N with tert-alkyl or cyclic N) is 1. The van der Waals surface area contributed by atoms with Gasteiger partial charge in [0.25, 0.3) is 0 Å². The maximum atomic E-state index is 11.7. The molecule has 86 valence electrons. The Labute approximate surface area is 89.0 Å². The van der Waals surface area contributed by atoms with Crippen molar-refractivity contribution in [2.75, 3.05) is 19.7 Å². The number of carbonyl (C=O) groups excluding carboxylic acids is 1. The summed E-state index contributed by atoms with van der Waals surface area (Å²) in [4.78, 5) is 13.2. The summed E-state index contributed by atoms with van der Waals surface area (Å²) in [6, 6.07) is 0. The number of epoxide rings is 1. The lowest BCUT2D eigenvalue weighted by Crippen LogP contribution is -2.36. The van der Waals surface area contributed by atoms with E-state index in [0.717, 1.165) is 0 Å². The van der Waals surface area contributed by atoms with Crippen molar-refractivity contribution in [1.82, 2.24) is 4.90 Å². The number of carbonyl (C=O) groups is 1. The molecule has 2 heterocycles. The first kappa shape index (κ1) is 10.7. The number of amides is 1. The van der Waals surface area contributed by atoms with Gasteiger partial charge in [-0.25, -0.2) is 4.79 Å². The summed E-state index contributed by atoms with van der Waals surface area (Å²) in [5.74, 6) is 0. The minimum atomic E-state index is -0.579. The van der Waals surface area contributed by atoms with E-state index < -0.39 is 17.3 Å². The Morgan fingerprint density at radius 2 is 2.20 bits per heavy atom. The van der Waals surface area contributed by atoms with Crippen LogP contribution in [-0.2, 0) is 9.47 Å². The van der Waals surface area contributed by atoms with E-state index in [9.17, 15) is 9.90 Å². The normalized spacial score (nSPS) is 34.7. The van der Waals surface area contributed by atoms with Gasteiger partial charge in [-0.3, -0.25) is 0 Å². The fourth-order valence-corrected chi connectivity index (χ4v) is 1.71. The summed E-state index contributed by atoms with van der Waals surface area (Å²) < 4.78 is 10.4. The van der Waals surface area contributed by atoms with Crippen LogP contribution in [-0.4, -0.2) is 53.1 Å². The van der Waals surface area contributed by atoms with Gasteiger partial charge in [0.05, 0.1) is 19.7 Å². The molecule has 2 rings (SSSR count). The maximum Gasteiger partial charge on any atom is 0.410 e. The van der Waals surface area contributed by atoms with Crippen LogP contribution in [0.3, 0.4) is 0 Å². The van der Waals surface area contributed by atoms with E-state index in [1.807, 2.05) is 20.8 Å². The lowest BCUT2D eigenvalue weighted by atomic mass is 10.1. The highest BCUT2D eigenvalue weighted by Gasteiger charge is 2.58. The molecule has 2 aliphatic rings. The smallest absolute Gasteiger partial charge is 0.410 e. The minimum Gasteiger partial charge on any atom is -0.444 e. The number of rotatable bonds is 0. The predicted molar refractivity (Wildman–Crippen MR) is 52.5 cm³/mol. The molecule has 0 radical (unpaired) electrons. The van der Waals surface area contributed by atoms with Gasteiger partial charge < -0.3 is 19.5 Å². The molecule has 2 fully saturated rings. The Balaban J connectivity index is 1.93. The molecule has 0 bridgehead atoms. The molecule has 0 aromatic carbocycles. The largest absolute Gasteiger partial charge is 0.444 e. The molecular formula is C10H17NO4. The van der Waals surface area contributed by atoms with Gasteiger partial charge in [0, 0.05) is 0 Å². The number of aliphatic hydroxyl groups is 1. The summed E-state index contributed by atoms with van der Waals surface area (Å²) in [6.07, 6.45) is -0.959. The Hall–Kier alpha value is -0.810. The van der Waals surface area contributed by atoms with Crippen molar-refractivity contribution in [3.8, 4) is 0 Å². The van der Waals surface area contributed by atoms with Gasteiger partial charge in [-0.2, -0.15) is 0 Å². The van der Waals surface area contributed by atoms with Crippen LogP contribution < -0.4 is 0 Å². The molecule has 0 aliphatic carbocycles. The summed E-state index contributed by atoms with van der Waals surface area (Å²) in [5.41, 5.74) is -0.987. The second kappa shape index (κ2) is 3.09. The fourth-order valence-electron chi connectivity index (χ4n) is 1.71. The molecule has 1 amide bonds. The molecule has 2 aliphatic heterocycles. The Morgan fingerprint density at radius 1 is 1.60 bits per heavy atom. The molecule has 0 saturated carbocycles. The lowest BCUT2D eigenvalue weighted by Gasteiger charge is -2.24. The van der Waals surface area contributed by atoms with Crippen LogP contribution in [0.4, 0.5) is 4.79 Å². The third kappa shape index (κ3) is 2.08. The third-order valence-corrected chi connectivity index (χ3v) is 2.63. The number of ether oxygens (including phenoxy) is 2. The number of aliphatic hydroxyl groups excluding tert-OH is 1. The van der Waals surface area contributed by atoms with Crippen molar-refractivity contribution in [3.05, 3.63) is 0 Å². The Bertz CT molecular complexity index is 280. The van der Waals surface area contributed by atoms with E-state index in [1.165, 1.54) is 4.90 Å². The molecule has 1 spiro atoms. The molecule has 0 aromatic heterocycles. The zero-order chi connectivity index (χ0) is 11.3. The minimum absolute atomic E-state index is 0.301. The molecule has 15 heavy (non-hydrogen) atoms. The van der Waals surface area contributed by atoms with Crippen LogP contribution in [0.5, 0.6) is 0 Å². The Kier molecular flexibility index (Phi) is 2.20. The second-order valence-electron chi connectivity index (χ2n) is 5.23. The molecule has 1 N–H and O–H groups in total. The number of nitrogens with zero attached hydrogens (tertiary/aromatic N) is 1. The van der Waals surface area contributed by atoms with Crippen molar-refractivity contribution in [1.29, 1.82) is 0 Å². The first-order valence-corrected chi connectivity index (χ1v) is 5.12. The molecular weight excluding hydrogens is 198 g/mol. The van der Waals surface area contributed by atoms with E-state index >= 15 is 0 Å². The standard InChI is InChI=1S/C10H17NO4/c1-9(2,3)15-8(13)11-4-7(12)10(5-11)6-14-10/h7,12H,4-6H2,1-3H3/t7-,10-/m1/s1. The lowest BCUT2D eigenvalue weighted by molar-refractivity contribution is 0.0269. The first-order valence-electron chi connectivity index (χ1n) is 5.12. The average Bonchev–Trinajstić information content (AvgIpc) is 2.73. The van der Waals surface area contributed by atoms with Crippen LogP contribution in [0.2, 0.25) is 0 Å². The second-order valence-corrected chi connectivity index (χ2v) is 5.23. The van der Waals surface area contributed by atoms with E-state index in [1.54, 1.807) is 0 Å². The van der Waals surface area contributed by atoms with Crippen LogP contribution in [0.25, 0.3) is 0 Å². The van der Waals surface area contributed by atoms with E-state index in [2.05, 4.69) is 0 Å². The molecule has 0 unspecified atom stereocenters. The zero-order valence-electron chi connectivity index (χ0n) is 9.32. The van der Waals surface area contributed by atoms with Crippen LogP contribution in [0, 0.1) is 0 Å². The zero-order valence-corrected chi connectivity index (χ0v) is 9.32. The molecule has 5 nitrogen and oxygen atoms in total. The maximum absolute atomic E-state index is 11.7. The fraction of sp³-hybridized carbons (Fsp3) is 0.900. The number of hydrogen-bond donors (Lipinski definition) is 1. The SMILES string of the molecule is CC(C)(C)OC(=O)N1C[C@@H](O)[C@]2(CO2)C1. The highest BCUT2D eigenvalue weighted by Crippen LogP contribution is 2.37. The van der Waals surface area contributed by atoms with Crippen molar-refractivity contribution in [2.24, 2.45) is 0 Å². The monoisotopic (exact) mass is 215 g/mol. The van der Waals surface area contributed by atoms with Crippen molar-refractivity contribution < 1.29 is 19.4 Å². The van der Waals surface area contributed by atoms with Gasteiger partial charge in [-0.15, -0.1) is 0 Å². The summed E-state index contributed by atoms with van der Waals surface area (Å²) in [5, 5.41) is 9.66. The van der Waals surface area contributed by atoms with E-state index in [-0.39, 0.29) is 6.09 Å². The van der Waals surface area contributed by atoms with Gasteiger partial charge in [-0.05, 0) is 20.8 Å². The van der Waals surface area contributed by atoms with Gasteiger partial charge in [0.15, 0.2) is 0 Å². The van der Waals surface area contributed by atoms with Gasteiger partial charge in [0.2, 0.25) is 0 Å². The van der Waals surface area contributed by atoms with Gasteiger partial charge in [-0.1, -0.05) is 0 Å². The molecule has 2 atom stereocenters. The number of likely N-dealkylation sites (tertiary alicyclic amines) is 1. The number of hydrogen-bond acceptors (Lipinski definition) is 4. The van der Waals surface area contributed by atoms with Crippen LogP contribution >= 0.6 is 0 Å². The molecule has 2 saturated heterocycles. The quantitative estimate of drug-likeness (QED) is 0.593. The topological polar surface area (TPSA) is 62.3 Å². The first-order chi connectivity index (χ1) is 6.82. The summed E-state index contributed by atoms with van der Waals surface area (Å²) in [7, 11) is 0. The van der Waals surface area contributed by atoms with Gasteiger partial charge in [0.1, 0.15) is 17.3 Å². The van der Waals surface area contributed by atoms with Gasteiger partial charge >= 0.3 is 6.09 Å². The van der Waals surface area contributed by atoms with E-state index in [0.29, 0.717) is 19.7 Å². The highest BCUT2D eigenvalue weighted by atomic mass is 16.6. The predicted octanol–water partition coefficient (Wildman–Crippen LogP) is 0.367. The Morgan fingerprint density at radius 3 is 2.60 bits per heavy atom. The van der Waals surface area contributed by atoms with Crippen molar-refractivity contribution in [2.45, 2.75) is 38.1 Å².